The van der Waals surface area contributed by atoms with E-state index in [-0.39, 0.29) is 16.2 Å². The third-order valence-corrected chi connectivity index (χ3v) is 9.34. The summed E-state index contributed by atoms with van der Waals surface area (Å²) in [6, 6.07) is 36.8. The molecular weight excluding hydrogens is 601 g/mol. The van der Waals surface area contributed by atoms with Gasteiger partial charge in [0.25, 0.3) is 0 Å². The lowest BCUT2D eigenvalue weighted by Gasteiger charge is -2.17. The Hall–Kier alpha value is -5.66. The summed E-state index contributed by atoms with van der Waals surface area (Å²) in [4.78, 5) is 0. The van der Waals surface area contributed by atoms with Gasteiger partial charge in [0.2, 0.25) is 0 Å². The molecule has 6 rings (SSSR count). The summed E-state index contributed by atoms with van der Waals surface area (Å²) < 4.78 is 0. The molecule has 0 radical (unpaired) electrons. The minimum Gasteiger partial charge on any atom is -0.0579 e. The Bertz CT molecular complexity index is 2220. The molecule has 0 saturated heterocycles. The van der Waals surface area contributed by atoms with Gasteiger partial charge in [-0.05, 0) is 108 Å². The minimum absolute atomic E-state index is 0.0182. The Morgan fingerprint density at radius 3 is 0.920 bits per heavy atom. The van der Waals surface area contributed by atoms with E-state index in [1.807, 2.05) is 0 Å². The highest BCUT2D eigenvalue weighted by Gasteiger charge is 2.18. The van der Waals surface area contributed by atoms with E-state index in [9.17, 15) is 0 Å². The molecule has 6 aliphatic carbocycles. The van der Waals surface area contributed by atoms with Gasteiger partial charge in [-0.2, -0.15) is 0 Å². The first kappa shape index (κ1) is 34.2. The molecule has 6 aliphatic rings. The van der Waals surface area contributed by atoms with Crippen molar-refractivity contribution < 1.29 is 0 Å². The van der Waals surface area contributed by atoms with Crippen LogP contribution >= 0.6 is 0 Å². The van der Waals surface area contributed by atoms with Crippen molar-refractivity contribution in [2.24, 2.45) is 0 Å². The van der Waals surface area contributed by atoms with Crippen LogP contribution in [0, 0.1) is 47.4 Å². The van der Waals surface area contributed by atoms with Crippen LogP contribution in [0.25, 0.3) is 33.4 Å². The van der Waals surface area contributed by atoms with Crippen molar-refractivity contribution >= 4 is 0 Å². The van der Waals surface area contributed by atoms with Gasteiger partial charge in [-0.15, -0.1) is 0 Å². The third kappa shape index (κ3) is 7.48. The summed E-state index contributed by atoms with van der Waals surface area (Å²) in [5.74, 6) is 25.9. The molecule has 0 aromatic carbocycles. The summed E-state index contributed by atoms with van der Waals surface area (Å²) in [6.45, 7) is 20.1. The van der Waals surface area contributed by atoms with Crippen molar-refractivity contribution in [3.05, 3.63) is 142 Å². The summed E-state index contributed by atoms with van der Waals surface area (Å²) in [6.07, 6.45) is 0. The highest BCUT2D eigenvalue weighted by atomic mass is 14.2. The quantitative estimate of drug-likeness (QED) is 0.144. The topological polar surface area (TPSA) is 0 Å². The molecule has 0 N–H and O–H groups in total. The van der Waals surface area contributed by atoms with E-state index in [0.29, 0.717) is 0 Å². The molecule has 0 spiro atoms. The molecule has 244 valence electrons. The smallest absolute Gasteiger partial charge is 0.0347 e. The molecule has 0 aliphatic heterocycles. The standard InChI is InChI=1S/C50H44/c1-48(2,3)41-24-22-37-20-18-35(44(37)30-26-41)14-10-12-16-39-34-40(47-33-29-43(50(7,8)9)28-32-46(39)47)17-13-11-15-36-19-21-38-23-25-42(49(4,5)6)27-31-45(36)38/h18-34H,1-9H3. The van der Waals surface area contributed by atoms with E-state index >= 15 is 0 Å². The van der Waals surface area contributed by atoms with Crippen LogP contribution in [0.5, 0.6) is 0 Å². The Balaban J connectivity index is 1.33. The first-order chi connectivity index (χ1) is 23.7. The van der Waals surface area contributed by atoms with Crippen molar-refractivity contribution in [3.63, 3.8) is 0 Å². The normalized spacial score (nSPS) is 11.5. The van der Waals surface area contributed by atoms with E-state index in [2.05, 4.69) is 213 Å². The second kappa shape index (κ2) is 13.3. The van der Waals surface area contributed by atoms with E-state index in [0.717, 1.165) is 44.5 Å². The Kier molecular flexibility index (Phi) is 9.12. The van der Waals surface area contributed by atoms with Gasteiger partial charge in [0.15, 0.2) is 0 Å². The predicted molar refractivity (Wildman–Crippen MR) is 213 cm³/mol. The number of rotatable bonds is 0. The van der Waals surface area contributed by atoms with Crippen molar-refractivity contribution in [1.29, 1.82) is 0 Å². The van der Waals surface area contributed by atoms with Crippen molar-refractivity contribution in [3.8, 4) is 80.7 Å². The molecule has 0 unspecified atom stereocenters. The maximum absolute atomic E-state index is 3.35. The highest BCUT2D eigenvalue weighted by molar-refractivity contribution is 5.82. The lowest BCUT2D eigenvalue weighted by atomic mass is 9.88. The highest BCUT2D eigenvalue weighted by Crippen LogP contribution is 2.34. The zero-order valence-electron chi connectivity index (χ0n) is 30.8. The number of hydrogen-bond acceptors (Lipinski definition) is 0. The summed E-state index contributed by atoms with van der Waals surface area (Å²) in [7, 11) is 0. The fraction of sp³-hybridized carbons (Fsp3) is 0.240. The first-order valence-electron chi connectivity index (χ1n) is 17.4. The van der Waals surface area contributed by atoms with Crippen molar-refractivity contribution in [2.75, 3.05) is 0 Å². The first-order valence-corrected chi connectivity index (χ1v) is 17.4. The maximum Gasteiger partial charge on any atom is 0.0347 e. The summed E-state index contributed by atoms with van der Waals surface area (Å²) in [5, 5.41) is 0. The number of hydrogen-bond donors (Lipinski definition) is 0. The molecule has 0 saturated carbocycles. The van der Waals surface area contributed by atoms with Crippen molar-refractivity contribution in [2.45, 2.75) is 78.6 Å². The number of fused-ring (bicyclic) bond motifs is 3. The van der Waals surface area contributed by atoms with Gasteiger partial charge < -0.3 is 0 Å². The largest absolute Gasteiger partial charge is 0.0579 e. The second-order valence-corrected chi connectivity index (χ2v) is 16.1. The SMILES string of the molecule is CC(C)(C)c1ccc2ccc(C#CC#Cc3cc(C#CC#Cc4ccc5ccc(C(C)(C)C)ccc4-5)c4ccc(C(C)(C)C)ccc3-4)c-2cc1. The zero-order valence-corrected chi connectivity index (χ0v) is 30.8. The second-order valence-electron chi connectivity index (χ2n) is 16.1. The molecule has 0 bridgehead atoms. The molecule has 0 heteroatoms. The Morgan fingerprint density at radius 1 is 0.300 bits per heavy atom. The molecule has 0 heterocycles. The maximum atomic E-state index is 3.35. The Morgan fingerprint density at radius 2 is 0.580 bits per heavy atom. The summed E-state index contributed by atoms with van der Waals surface area (Å²) in [5.41, 5.74) is 14.6. The molecule has 50 heavy (non-hydrogen) atoms. The fourth-order valence-corrected chi connectivity index (χ4v) is 6.17. The van der Waals surface area contributed by atoms with Crippen LogP contribution in [0.2, 0.25) is 0 Å². The summed E-state index contributed by atoms with van der Waals surface area (Å²) >= 11 is 0. The molecule has 0 fully saturated rings. The van der Waals surface area contributed by atoms with Gasteiger partial charge in [0.1, 0.15) is 0 Å². The average Bonchev–Trinajstić information content (AvgIpc) is 3.48. The average molecular weight is 645 g/mol. The van der Waals surface area contributed by atoms with E-state index in [4.69, 9.17) is 0 Å². The van der Waals surface area contributed by atoms with Crippen LogP contribution in [-0.2, 0) is 16.2 Å². The molecule has 0 atom stereocenters. The zero-order chi connectivity index (χ0) is 35.7. The predicted octanol–water partition coefficient (Wildman–Crippen LogP) is 11.7. The van der Waals surface area contributed by atoms with Crippen molar-refractivity contribution in [1.82, 2.24) is 0 Å². The van der Waals surface area contributed by atoms with Crippen LogP contribution in [-0.4, -0.2) is 0 Å². The van der Waals surface area contributed by atoms with E-state index < -0.39 is 0 Å². The molecule has 0 aromatic rings. The molecule has 0 aromatic heterocycles. The third-order valence-electron chi connectivity index (χ3n) is 9.34. The van der Waals surface area contributed by atoms with Gasteiger partial charge >= 0.3 is 0 Å². The van der Waals surface area contributed by atoms with Crippen LogP contribution in [0.1, 0.15) is 101 Å². The van der Waals surface area contributed by atoms with E-state index in [1.54, 1.807) is 0 Å². The van der Waals surface area contributed by atoms with E-state index in [1.165, 1.54) is 27.8 Å². The van der Waals surface area contributed by atoms with Gasteiger partial charge in [0.05, 0.1) is 0 Å². The minimum atomic E-state index is 0.0182. The van der Waals surface area contributed by atoms with Gasteiger partial charge in [-0.25, -0.2) is 0 Å². The fourth-order valence-electron chi connectivity index (χ4n) is 6.17. The molecule has 0 amide bonds. The monoisotopic (exact) mass is 644 g/mol. The van der Waals surface area contributed by atoms with Crippen LogP contribution in [0.4, 0.5) is 0 Å². The van der Waals surface area contributed by atoms with Crippen LogP contribution in [0.3, 0.4) is 0 Å². The lowest BCUT2D eigenvalue weighted by molar-refractivity contribution is 0.590. The lowest BCUT2D eigenvalue weighted by Crippen LogP contribution is -2.09. The Labute approximate surface area is 300 Å². The van der Waals surface area contributed by atoms with Crippen LogP contribution in [0.15, 0.2) is 103 Å². The van der Waals surface area contributed by atoms with Gasteiger partial charge in [-0.1, -0.05) is 171 Å². The van der Waals surface area contributed by atoms with Gasteiger partial charge in [-0.3, -0.25) is 0 Å². The van der Waals surface area contributed by atoms with Gasteiger partial charge in [0, 0.05) is 22.3 Å². The molecular formula is C50H44. The van der Waals surface area contributed by atoms with Crippen LogP contribution < -0.4 is 0 Å². The molecule has 0 nitrogen and oxygen atoms in total.